The Morgan fingerprint density at radius 1 is 0.880 bits per heavy atom. The van der Waals surface area contributed by atoms with Crippen molar-refractivity contribution in [3.63, 3.8) is 0 Å². The Bertz CT molecular complexity index is 1620. The van der Waals surface area contributed by atoms with E-state index in [4.69, 9.17) is 9.47 Å². The third-order valence-corrected chi connectivity index (χ3v) is 10.1. The molecule has 5 rings (SSSR count). The van der Waals surface area contributed by atoms with Crippen molar-refractivity contribution in [1.82, 2.24) is 20.0 Å². The molecule has 3 aromatic carbocycles. The second-order valence-corrected chi connectivity index (χ2v) is 13.3. The first kappa shape index (κ1) is 36.4. The number of esters is 1. The minimum atomic E-state index is -1.13. The molecule has 1 fully saturated rings. The lowest BCUT2D eigenvalue weighted by atomic mass is 9.98. The number of urea groups is 1. The predicted molar refractivity (Wildman–Crippen MR) is 190 cm³/mol. The molecule has 2 aliphatic rings. The lowest BCUT2D eigenvalue weighted by Gasteiger charge is -2.35. The summed E-state index contributed by atoms with van der Waals surface area (Å²) in [5.41, 5.74) is 5.54. The molecule has 0 aromatic heterocycles. The molecule has 11 heteroatoms. The first-order valence-electron chi connectivity index (χ1n) is 17.4. The molecular formula is C39H48N4O7. The van der Waals surface area contributed by atoms with Crippen molar-refractivity contribution in [2.75, 3.05) is 46.4 Å². The molecule has 1 atom stereocenters. The number of piperazine rings is 1. The summed E-state index contributed by atoms with van der Waals surface area (Å²) in [6, 6.07) is 22.1. The van der Waals surface area contributed by atoms with E-state index >= 15 is 0 Å². The summed E-state index contributed by atoms with van der Waals surface area (Å²) in [6.45, 7) is 8.76. The Morgan fingerprint density at radius 2 is 1.44 bits per heavy atom. The van der Waals surface area contributed by atoms with E-state index in [2.05, 4.69) is 17.4 Å². The van der Waals surface area contributed by atoms with Gasteiger partial charge < -0.3 is 24.8 Å². The molecule has 1 aliphatic carbocycles. The number of hydrogen-bond donors (Lipinski definition) is 2. The van der Waals surface area contributed by atoms with Gasteiger partial charge in [0.25, 0.3) is 0 Å². The van der Waals surface area contributed by atoms with Crippen LogP contribution in [0.25, 0.3) is 11.1 Å². The van der Waals surface area contributed by atoms with Gasteiger partial charge in [-0.3, -0.25) is 14.6 Å². The average Bonchev–Trinajstić information content (AvgIpc) is 3.45. The summed E-state index contributed by atoms with van der Waals surface area (Å²) in [5.74, 6) is -1.50. The second kappa shape index (κ2) is 16.2. The maximum atomic E-state index is 13.1. The molecule has 1 saturated heterocycles. The van der Waals surface area contributed by atoms with E-state index < -0.39 is 23.7 Å². The highest BCUT2D eigenvalue weighted by molar-refractivity contribution is 5.81. The monoisotopic (exact) mass is 684 g/mol. The van der Waals surface area contributed by atoms with Crippen LogP contribution in [0.1, 0.15) is 61.8 Å². The normalized spacial score (nSPS) is 15.1. The summed E-state index contributed by atoms with van der Waals surface area (Å²) in [6.07, 6.45) is 0.914. The molecule has 3 aromatic rings. The fourth-order valence-corrected chi connectivity index (χ4v) is 6.51. The topological polar surface area (TPSA) is 129 Å². The van der Waals surface area contributed by atoms with Crippen LogP contribution < -0.4 is 5.32 Å². The second-order valence-electron chi connectivity index (χ2n) is 13.3. The van der Waals surface area contributed by atoms with Crippen molar-refractivity contribution >= 4 is 24.1 Å². The molecule has 0 bridgehead atoms. The average molecular weight is 685 g/mol. The van der Waals surface area contributed by atoms with Gasteiger partial charge in [0, 0.05) is 52.1 Å². The van der Waals surface area contributed by atoms with Gasteiger partial charge in [0.05, 0.1) is 6.54 Å². The van der Waals surface area contributed by atoms with Crippen molar-refractivity contribution < 1.29 is 33.8 Å². The van der Waals surface area contributed by atoms with Gasteiger partial charge >= 0.3 is 24.1 Å². The fourth-order valence-electron chi connectivity index (χ4n) is 6.51. The number of amides is 3. The van der Waals surface area contributed by atoms with Crippen LogP contribution in [0.4, 0.5) is 9.59 Å². The maximum absolute atomic E-state index is 13.1. The Hall–Kier alpha value is -4.90. The number of carboxylic acids is 1. The minimum absolute atomic E-state index is 0.0939. The first-order chi connectivity index (χ1) is 24.0. The number of ether oxygens (including phenoxy) is 2. The number of likely N-dealkylation sites (N-methyl/N-ethyl adjacent to an activating group) is 1. The van der Waals surface area contributed by atoms with E-state index in [1.807, 2.05) is 86.3 Å². The molecule has 1 aliphatic heterocycles. The van der Waals surface area contributed by atoms with Crippen LogP contribution in [0.5, 0.6) is 0 Å². The van der Waals surface area contributed by atoms with Gasteiger partial charge in [0.1, 0.15) is 18.2 Å². The number of hydrogen-bond acceptors (Lipinski definition) is 7. The summed E-state index contributed by atoms with van der Waals surface area (Å²) in [7, 11) is 1.45. The lowest BCUT2D eigenvalue weighted by molar-refractivity contribution is -0.160. The SMILES string of the molecule is CCC(C)(CC)OC(=O)CN1CCN(C(=O)NCc2ccc(C[C@@H](C(=O)O)N(C)C(=O)OCC3c4ccccc4-c4ccccc43)cc2)CC1. The summed E-state index contributed by atoms with van der Waals surface area (Å²) in [5, 5.41) is 13.0. The number of carboxylic acid groups (broad SMARTS) is 1. The molecule has 2 N–H and O–H groups in total. The lowest BCUT2D eigenvalue weighted by Crippen LogP contribution is -2.52. The largest absolute Gasteiger partial charge is 0.480 e. The number of nitrogens with one attached hydrogen (secondary N) is 1. The molecule has 266 valence electrons. The Morgan fingerprint density at radius 3 is 2.00 bits per heavy atom. The summed E-state index contributed by atoms with van der Waals surface area (Å²) in [4.78, 5) is 55.5. The fraction of sp³-hybridized carbons (Fsp3) is 0.436. The highest BCUT2D eigenvalue weighted by atomic mass is 16.6. The summed E-state index contributed by atoms with van der Waals surface area (Å²) < 4.78 is 11.4. The quantitative estimate of drug-likeness (QED) is 0.226. The highest BCUT2D eigenvalue weighted by Gasteiger charge is 2.32. The Balaban J connectivity index is 1.07. The predicted octanol–water partition coefficient (Wildman–Crippen LogP) is 5.51. The molecule has 0 spiro atoms. The molecule has 1 heterocycles. The summed E-state index contributed by atoms with van der Waals surface area (Å²) >= 11 is 0. The van der Waals surface area contributed by atoms with Gasteiger partial charge in [-0.15, -0.1) is 0 Å². The van der Waals surface area contributed by atoms with Gasteiger partial charge in [0.2, 0.25) is 0 Å². The number of carbonyl (C=O) groups excluding carboxylic acids is 3. The van der Waals surface area contributed by atoms with Crippen molar-refractivity contribution in [3.05, 3.63) is 95.1 Å². The van der Waals surface area contributed by atoms with Crippen LogP contribution in [0.3, 0.4) is 0 Å². The van der Waals surface area contributed by atoms with Crippen LogP contribution in [0, 0.1) is 0 Å². The van der Waals surface area contributed by atoms with E-state index in [9.17, 15) is 24.3 Å². The smallest absolute Gasteiger partial charge is 0.410 e. The molecular weight excluding hydrogens is 636 g/mol. The van der Waals surface area contributed by atoms with Gasteiger partial charge in [0.15, 0.2) is 0 Å². The highest BCUT2D eigenvalue weighted by Crippen LogP contribution is 2.44. The van der Waals surface area contributed by atoms with Crippen molar-refractivity contribution in [3.8, 4) is 11.1 Å². The van der Waals surface area contributed by atoms with Crippen molar-refractivity contribution in [2.24, 2.45) is 0 Å². The van der Waals surface area contributed by atoms with Gasteiger partial charge in [-0.05, 0) is 53.1 Å². The zero-order valence-corrected chi connectivity index (χ0v) is 29.4. The van der Waals surface area contributed by atoms with E-state index in [0.717, 1.165) is 51.1 Å². The van der Waals surface area contributed by atoms with E-state index in [1.54, 1.807) is 4.90 Å². The van der Waals surface area contributed by atoms with Gasteiger partial charge in [-0.2, -0.15) is 0 Å². The molecule has 0 saturated carbocycles. The minimum Gasteiger partial charge on any atom is -0.480 e. The van der Waals surface area contributed by atoms with Gasteiger partial charge in [-0.25, -0.2) is 14.4 Å². The number of carbonyl (C=O) groups is 4. The van der Waals surface area contributed by atoms with Gasteiger partial charge in [-0.1, -0.05) is 86.6 Å². The van der Waals surface area contributed by atoms with Crippen LogP contribution in [-0.4, -0.2) is 102 Å². The van der Waals surface area contributed by atoms with E-state index in [1.165, 1.54) is 7.05 Å². The van der Waals surface area contributed by atoms with Crippen molar-refractivity contribution in [1.29, 1.82) is 0 Å². The molecule has 11 nitrogen and oxygen atoms in total. The standard InChI is InChI=1S/C39H48N4O7/c1-5-39(3,6-2)50-35(44)25-42-19-21-43(22-20-42)37(47)40-24-28-17-15-27(16-18-28)23-34(36(45)46)41(4)38(48)49-26-33-31-13-9-7-11-29(31)30-12-8-10-14-32(30)33/h7-18,33-34H,5-6,19-26H2,1-4H3,(H,40,47)(H,45,46)/t34-/m0/s1. The first-order valence-corrected chi connectivity index (χ1v) is 17.4. The molecule has 3 amide bonds. The third-order valence-electron chi connectivity index (χ3n) is 10.1. The maximum Gasteiger partial charge on any atom is 0.410 e. The number of rotatable bonds is 13. The van der Waals surface area contributed by atoms with Crippen LogP contribution >= 0.6 is 0 Å². The number of aliphatic carboxylic acids is 1. The Labute approximate surface area is 294 Å². The Kier molecular flexibility index (Phi) is 11.8. The molecule has 0 radical (unpaired) electrons. The van der Waals surface area contributed by atoms with Crippen LogP contribution in [0.15, 0.2) is 72.8 Å². The van der Waals surface area contributed by atoms with E-state index in [-0.39, 0.29) is 37.5 Å². The zero-order valence-electron chi connectivity index (χ0n) is 29.4. The third kappa shape index (κ3) is 8.63. The number of benzene rings is 3. The van der Waals surface area contributed by atoms with Crippen molar-refractivity contribution in [2.45, 2.75) is 64.1 Å². The number of nitrogens with zero attached hydrogens (tertiary/aromatic N) is 3. The molecule has 0 unspecified atom stereocenters. The number of fused-ring (bicyclic) bond motifs is 3. The van der Waals surface area contributed by atoms with Crippen LogP contribution in [0.2, 0.25) is 0 Å². The zero-order chi connectivity index (χ0) is 35.8. The van der Waals surface area contributed by atoms with E-state index in [0.29, 0.717) is 32.7 Å². The molecule has 50 heavy (non-hydrogen) atoms. The van der Waals surface area contributed by atoms with Crippen LogP contribution in [-0.2, 0) is 32.0 Å².